The van der Waals surface area contributed by atoms with Crippen LogP contribution in [0.3, 0.4) is 0 Å². The van der Waals surface area contributed by atoms with Crippen LogP contribution in [0.25, 0.3) is 28.5 Å². The molecule has 0 radical (unpaired) electrons. The Hall–Kier alpha value is -3.42. The zero-order chi connectivity index (χ0) is 26.5. The average molecular weight is 507 g/mol. The van der Waals surface area contributed by atoms with Gasteiger partial charge in [-0.1, -0.05) is 68.5 Å². The van der Waals surface area contributed by atoms with Crippen LogP contribution in [-0.2, 0) is 4.79 Å². The summed E-state index contributed by atoms with van der Waals surface area (Å²) in [5, 5.41) is 31.9. The second-order valence-corrected chi connectivity index (χ2v) is 9.94. The van der Waals surface area contributed by atoms with Gasteiger partial charge in [0.25, 0.3) is 0 Å². The fourth-order valence-electron chi connectivity index (χ4n) is 5.14. The number of halogens is 1. The lowest BCUT2D eigenvalue weighted by Crippen LogP contribution is -2.33. The van der Waals surface area contributed by atoms with Gasteiger partial charge in [0, 0.05) is 36.2 Å². The van der Waals surface area contributed by atoms with Gasteiger partial charge < -0.3 is 20.3 Å². The summed E-state index contributed by atoms with van der Waals surface area (Å²) in [6.07, 6.45) is 3.00. The van der Waals surface area contributed by atoms with E-state index < -0.39 is 24.6 Å². The minimum absolute atomic E-state index is 0.0793. The SMILES string of the molecule is CC(C)c1c(/C=C/C(O)CC(O)CC(=O)O)c(-c2ccc(F)cc2)c(-c2ccccc2)n1N1CCCC1. The van der Waals surface area contributed by atoms with E-state index in [0.29, 0.717) is 0 Å². The predicted octanol–water partition coefficient (Wildman–Crippen LogP) is 5.42. The summed E-state index contributed by atoms with van der Waals surface area (Å²) in [6, 6.07) is 16.6. The topological polar surface area (TPSA) is 85.9 Å². The van der Waals surface area contributed by atoms with E-state index in [1.54, 1.807) is 18.2 Å². The minimum atomic E-state index is -1.15. The van der Waals surface area contributed by atoms with Gasteiger partial charge in [0.2, 0.25) is 0 Å². The van der Waals surface area contributed by atoms with E-state index in [2.05, 4.69) is 35.7 Å². The summed E-state index contributed by atoms with van der Waals surface area (Å²) in [5.41, 5.74) is 5.84. The first-order chi connectivity index (χ1) is 17.8. The quantitative estimate of drug-likeness (QED) is 0.342. The van der Waals surface area contributed by atoms with Crippen LogP contribution in [0.5, 0.6) is 0 Å². The van der Waals surface area contributed by atoms with Crippen molar-refractivity contribution in [2.24, 2.45) is 0 Å². The number of aliphatic hydroxyl groups excluding tert-OH is 2. The molecule has 1 aliphatic rings. The molecule has 0 amide bonds. The molecule has 4 rings (SSSR count). The van der Waals surface area contributed by atoms with Crippen LogP contribution < -0.4 is 5.01 Å². The number of carboxylic acid groups (broad SMARTS) is 1. The third kappa shape index (κ3) is 6.12. The summed E-state index contributed by atoms with van der Waals surface area (Å²) in [4.78, 5) is 10.9. The lowest BCUT2D eigenvalue weighted by molar-refractivity contribution is -0.139. The van der Waals surface area contributed by atoms with E-state index in [4.69, 9.17) is 5.11 Å². The van der Waals surface area contributed by atoms with Crippen molar-refractivity contribution in [1.29, 1.82) is 0 Å². The van der Waals surface area contributed by atoms with E-state index in [1.807, 2.05) is 24.3 Å². The molecular formula is C30H35FN2O4. The number of hydrogen-bond donors (Lipinski definition) is 3. The Bertz CT molecular complexity index is 1230. The Kier molecular flexibility index (Phi) is 8.46. The lowest BCUT2D eigenvalue weighted by Gasteiger charge is -2.27. The van der Waals surface area contributed by atoms with Crippen molar-refractivity contribution in [3.8, 4) is 22.4 Å². The van der Waals surface area contributed by atoms with Crippen LogP contribution in [0.15, 0.2) is 60.7 Å². The molecule has 2 aromatic carbocycles. The number of carboxylic acids is 1. The van der Waals surface area contributed by atoms with E-state index in [-0.39, 0.29) is 18.2 Å². The van der Waals surface area contributed by atoms with Gasteiger partial charge in [-0.15, -0.1) is 0 Å². The summed E-state index contributed by atoms with van der Waals surface area (Å²) in [7, 11) is 0. The van der Waals surface area contributed by atoms with Gasteiger partial charge in [0.15, 0.2) is 0 Å². The Balaban J connectivity index is 1.93. The molecular weight excluding hydrogens is 471 g/mol. The second-order valence-electron chi connectivity index (χ2n) is 9.94. The van der Waals surface area contributed by atoms with Crippen LogP contribution >= 0.6 is 0 Å². The number of benzene rings is 2. The van der Waals surface area contributed by atoms with E-state index in [1.165, 1.54) is 12.1 Å². The zero-order valence-corrected chi connectivity index (χ0v) is 21.3. The smallest absolute Gasteiger partial charge is 0.305 e. The summed E-state index contributed by atoms with van der Waals surface area (Å²) in [6.45, 7) is 6.11. The summed E-state index contributed by atoms with van der Waals surface area (Å²) in [5.74, 6) is -1.29. The maximum atomic E-state index is 13.9. The van der Waals surface area contributed by atoms with Gasteiger partial charge in [-0.25, -0.2) is 4.39 Å². The predicted molar refractivity (Wildman–Crippen MR) is 144 cm³/mol. The first-order valence-electron chi connectivity index (χ1n) is 12.9. The maximum Gasteiger partial charge on any atom is 0.305 e. The van der Waals surface area contributed by atoms with Crippen LogP contribution in [0.4, 0.5) is 4.39 Å². The Labute approximate surface area is 217 Å². The molecule has 0 bridgehead atoms. The van der Waals surface area contributed by atoms with Crippen molar-refractivity contribution >= 4 is 12.0 Å². The molecule has 0 aliphatic carbocycles. The van der Waals surface area contributed by atoms with Crippen molar-refractivity contribution in [3.63, 3.8) is 0 Å². The van der Waals surface area contributed by atoms with Crippen molar-refractivity contribution in [2.75, 3.05) is 18.1 Å². The molecule has 0 saturated carbocycles. The fourth-order valence-corrected chi connectivity index (χ4v) is 5.14. The largest absolute Gasteiger partial charge is 0.481 e. The summed E-state index contributed by atoms with van der Waals surface area (Å²) >= 11 is 0. The molecule has 6 nitrogen and oxygen atoms in total. The summed E-state index contributed by atoms with van der Waals surface area (Å²) < 4.78 is 16.2. The number of carbonyl (C=O) groups is 1. The highest BCUT2D eigenvalue weighted by Gasteiger charge is 2.29. The Morgan fingerprint density at radius 1 is 1.00 bits per heavy atom. The van der Waals surface area contributed by atoms with E-state index >= 15 is 0 Å². The van der Waals surface area contributed by atoms with Crippen LogP contribution in [0.1, 0.15) is 56.7 Å². The Morgan fingerprint density at radius 2 is 1.65 bits per heavy atom. The fraction of sp³-hybridized carbons (Fsp3) is 0.367. The van der Waals surface area contributed by atoms with Gasteiger partial charge in [-0.05, 0) is 36.5 Å². The number of aliphatic carboxylic acids is 1. The molecule has 37 heavy (non-hydrogen) atoms. The monoisotopic (exact) mass is 506 g/mol. The minimum Gasteiger partial charge on any atom is -0.481 e. The molecule has 7 heteroatoms. The maximum absolute atomic E-state index is 13.9. The van der Waals surface area contributed by atoms with Crippen molar-refractivity contribution in [1.82, 2.24) is 4.68 Å². The van der Waals surface area contributed by atoms with Gasteiger partial charge in [-0.3, -0.25) is 9.47 Å². The average Bonchev–Trinajstić information content (AvgIpc) is 3.49. The van der Waals surface area contributed by atoms with Crippen molar-refractivity contribution < 1.29 is 24.5 Å². The molecule has 2 unspecified atom stereocenters. The molecule has 1 fully saturated rings. The third-order valence-electron chi connectivity index (χ3n) is 6.72. The highest BCUT2D eigenvalue weighted by Crippen LogP contribution is 2.43. The molecule has 2 atom stereocenters. The normalized spacial score (nSPS) is 15.6. The standard InChI is InChI=1S/C30H35FN2O4/c1-20(2)29-26(15-14-24(34)18-25(35)19-27(36)37)28(21-10-12-23(31)13-11-21)30(22-8-4-3-5-9-22)33(29)32-16-6-7-17-32/h3-5,8-15,20,24-25,34-35H,6-7,16-19H2,1-2H3,(H,36,37)/b15-14+. The first-order valence-corrected chi connectivity index (χ1v) is 12.9. The van der Waals surface area contributed by atoms with Gasteiger partial charge >= 0.3 is 5.97 Å². The zero-order valence-electron chi connectivity index (χ0n) is 21.3. The molecule has 1 saturated heterocycles. The number of aliphatic hydroxyl groups is 2. The molecule has 0 spiro atoms. The molecule has 3 N–H and O–H groups in total. The van der Waals surface area contributed by atoms with Crippen LogP contribution in [0, 0.1) is 5.82 Å². The van der Waals surface area contributed by atoms with Crippen molar-refractivity contribution in [2.45, 2.75) is 57.7 Å². The van der Waals surface area contributed by atoms with Crippen LogP contribution in [-0.4, -0.2) is 51.3 Å². The van der Waals surface area contributed by atoms with Crippen LogP contribution in [0.2, 0.25) is 0 Å². The molecule has 2 heterocycles. The number of nitrogens with zero attached hydrogens (tertiary/aromatic N) is 2. The van der Waals surface area contributed by atoms with Gasteiger partial charge in [0.1, 0.15) is 5.82 Å². The van der Waals surface area contributed by atoms with E-state index in [0.717, 1.165) is 59.6 Å². The molecule has 1 aromatic heterocycles. The molecule has 1 aliphatic heterocycles. The number of rotatable bonds is 10. The second kappa shape index (κ2) is 11.8. The third-order valence-corrected chi connectivity index (χ3v) is 6.72. The highest BCUT2D eigenvalue weighted by molar-refractivity contribution is 5.90. The van der Waals surface area contributed by atoms with Gasteiger partial charge in [0.05, 0.1) is 30.0 Å². The Morgan fingerprint density at radius 3 is 2.24 bits per heavy atom. The van der Waals surface area contributed by atoms with Gasteiger partial charge in [-0.2, -0.15) is 0 Å². The number of aromatic nitrogens is 1. The molecule has 3 aromatic rings. The lowest BCUT2D eigenvalue weighted by atomic mass is 9.94. The molecule has 196 valence electrons. The number of hydrogen-bond acceptors (Lipinski definition) is 4. The van der Waals surface area contributed by atoms with E-state index in [9.17, 15) is 19.4 Å². The first kappa shape index (κ1) is 26.6. The highest BCUT2D eigenvalue weighted by atomic mass is 19.1. The van der Waals surface area contributed by atoms with Crippen molar-refractivity contribution in [3.05, 3.63) is 77.7 Å².